The molecule has 3 nitrogen and oxygen atoms in total. The van der Waals surface area contributed by atoms with Gasteiger partial charge in [0, 0.05) is 16.6 Å². The smallest absolute Gasteiger partial charge is 0.249 e. The van der Waals surface area contributed by atoms with E-state index in [4.69, 9.17) is 11.5 Å². The van der Waals surface area contributed by atoms with Gasteiger partial charge in [-0.1, -0.05) is 30.3 Å². The van der Waals surface area contributed by atoms with Gasteiger partial charge in [0.1, 0.15) is 5.82 Å². The first-order valence-electron chi connectivity index (χ1n) is 6.45. The molecule has 104 valence electrons. The Labute approximate surface area is 121 Å². The number of nitrogen functional groups attached to an aromatic ring is 1. The van der Waals surface area contributed by atoms with Crippen molar-refractivity contribution in [2.45, 2.75) is 0 Å². The Bertz CT molecular complexity index is 859. The highest BCUT2D eigenvalue weighted by molar-refractivity contribution is 6.08. The fraction of sp³-hybridized carbons (Fsp3) is 0. The van der Waals surface area contributed by atoms with E-state index in [2.05, 4.69) is 0 Å². The topological polar surface area (TPSA) is 69.1 Å². The molecule has 0 aliphatic carbocycles. The highest BCUT2D eigenvalue weighted by Gasteiger charge is 2.14. The molecule has 0 fully saturated rings. The van der Waals surface area contributed by atoms with Crippen LogP contribution in [0.2, 0.25) is 0 Å². The van der Waals surface area contributed by atoms with Crippen molar-refractivity contribution in [3.05, 3.63) is 66.0 Å². The van der Waals surface area contributed by atoms with E-state index < -0.39 is 11.7 Å². The summed E-state index contributed by atoms with van der Waals surface area (Å²) in [5, 5.41) is 1.71. The molecule has 0 aliphatic rings. The molecule has 0 radical (unpaired) electrons. The molecule has 0 bridgehead atoms. The second-order valence-corrected chi connectivity index (χ2v) is 4.80. The number of amides is 1. The summed E-state index contributed by atoms with van der Waals surface area (Å²) in [5.41, 5.74) is 13.5. The molecule has 3 rings (SSSR count). The number of carbonyl (C=O) groups excluding carboxylic acids is 1. The number of anilines is 1. The SMILES string of the molecule is NC(=O)c1ccc(F)cc1-c1ccc(N)c2ccccc12. The van der Waals surface area contributed by atoms with Crippen LogP contribution in [0.1, 0.15) is 10.4 Å². The molecule has 0 atom stereocenters. The second kappa shape index (κ2) is 4.90. The molecule has 0 heterocycles. The van der Waals surface area contributed by atoms with Crippen LogP contribution in [0, 0.1) is 5.82 Å². The lowest BCUT2D eigenvalue weighted by atomic mass is 9.93. The zero-order valence-electron chi connectivity index (χ0n) is 11.1. The van der Waals surface area contributed by atoms with E-state index in [0.717, 1.165) is 16.3 Å². The van der Waals surface area contributed by atoms with Crippen LogP contribution in [0.25, 0.3) is 21.9 Å². The summed E-state index contributed by atoms with van der Waals surface area (Å²) in [7, 11) is 0. The highest BCUT2D eigenvalue weighted by Crippen LogP contribution is 2.34. The van der Waals surface area contributed by atoms with E-state index in [9.17, 15) is 9.18 Å². The Morgan fingerprint density at radius 2 is 1.62 bits per heavy atom. The lowest BCUT2D eigenvalue weighted by Gasteiger charge is -2.12. The zero-order valence-corrected chi connectivity index (χ0v) is 11.1. The van der Waals surface area contributed by atoms with Crippen molar-refractivity contribution in [3.63, 3.8) is 0 Å². The molecule has 0 saturated heterocycles. The third-order valence-corrected chi connectivity index (χ3v) is 3.50. The quantitative estimate of drug-likeness (QED) is 0.707. The largest absolute Gasteiger partial charge is 0.398 e. The number of rotatable bonds is 2. The number of hydrogen-bond acceptors (Lipinski definition) is 2. The Hall–Kier alpha value is -2.88. The van der Waals surface area contributed by atoms with Crippen LogP contribution in [-0.4, -0.2) is 5.91 Å². The van der Waals surface area contributed by atoms with Crippen LogP contribution in [0.15, 0.2) is 54.6 Å². The van der Waals surface area contributed by atoms with E-state index >= 15 is 0 Å². The fourth-order valence-corrected chi connectivity index (χ4v) is 2.51. The molecule has 3 aromatic carbocycles. The first-order valence-corrected chi connectivity index (χ1v) is 6.45. The summed E-state index contributed by atoms with van der Waals surface area (Å²) < 4.78 is 13.6. The van der Waals surface area contributed by atoms with E-state index in [-0.39, 0.29) is 5.56 Å². The van der Waals surface area contributed by atoms with Gasteiger partial charge < -0.3 is 11.5 Å². The normalized spacial score (nSPS) is 10.7. The Morgan fingerprint density at radius 3 is 2.33 bits per heavy atom. The maximum Gasteiger partial charge on any atom is 0.249 e. The van der Waals surface area contributed by atoms with Gasteiger partial charge in [-0.2, -0.15) is 0 Å². The minimum absolute atomic E-state index is 0.284. The average Bonchev–Trinajstić information content (AvgIpc) is 2.47. The maximum atomic E-state index is 13.6. The number of hydrogen-bond donors (Lipinski definition) is 2. The lowest BCUT2D eigenvalue weighted by molar-refractivity contribution is 0.100. The standard InChI is InChI=1S/C17H13FN2O/c18-10-5-6-14(17(20)21)15(9-10)12-7-8-16(19)13-4-2-1-3-11(12)13/h1-9H,19H2,(H2,20,21). The van der Waals surface area contributed by atoms with Crippen molar-refractivity contribution < 1.29 is 9.18 Å². The highest BCUT2D eigenvalue weighted by atomic mass is 19.1. The van der Waals surface area contributed by atoms with Gasteiger partial charge in [-0.3, -0.25) is 4.79 Å². The zero-order chi connectivity index (χ0) is 15.0. The molecular formula is C17H13FN2O. The molecule has 1 amide bonds. The molecule has 0 unspecified atom stereocenters. The molecule has 3 aromatic rings. The van der Waals surface area contributed by atoms with Crippen molar-refractivity contribution in [2.75, 3.05) is 5.73 Å². The predicted molar refractivity (Wildman–Crippen MR) is 82.3 cm³/mol. The van der Waals surface area contributed by atoms with Crippen LogP contribution in [0.4, 0.5) is 10.1 Å². The third-order valence-electron chi connectivity index (χ3n) is 3.50. The Balaban J connectivity index is 2.39. The lowest BCUT2D eigenvalue weighted by Crippen LogP contribution is -2.12. The Morgan fingerprint density at radius 1 is 0.905 bits per heavy atom. The van der Waals surface area contributed by atoms with Crippen LogP contribution < -0.4 is 11.5 Å². The van der Waals surface area contributed by atoms with Gasteiger partial charge in [0.25, 0.3) is 0 Å². The van der Waals surface area contributed by atoms with Crippen molar-refractivity contribution in [1.29, 1.82) is 0 Å². The van der Waals surface area contributed by atoms with Gasteiger partial charge in [-0.15, -0.1) is 0 Å². The average molecular weight is 280 g/mol. The maximum absolute atomic E-state index is 13.6. The summed E-state index contributed by atoms with van der Waals surface area (Å²) in [6, 6.07) is 15.0. The first-order chi connectivity index (χ1) is 10.1. The van der Waals surface area contributed by atoms with Crippen molar-refractivity contribution in [1.82, 2.24) is 0 Å². The second-order valence-electron chi connectivity index (χ2n) is 4.80. The van der Waals surface area contributed by atoms with E-state index in [1.807, 2.05) is 24.3 Å². The molecule has 0 spiro atoms. The minimum atomic E-state index is -0.592. The van der Waals surface area contributed by atoms with Gasteiger partial charge in [0.15, 0.2) is 0 Å². The van der Waals surface area contributed by atoms with Crippen molar-refractivity contribution in [3.8, 4) is 11.1 Å². The monoisotopic (exact) mass is 280 g/mol. The van der Waals surface area contributed by atoms with Crippen LogP contribution in [0.5, 0.6) is 0 Å². The van der Waals surface area contributed by atoms with Crippen LogP contribution >= 0.6 is 0 Å². The first kappa shape index (κ1) is 13.1. The van der Waals surface area contributed by atoms with E-state index in [0.29, 0.717) is 11.3 Å². The van der Waals surface area contributed by atoms with Gasteiger partial charge in [-0.05, 0) is 40.8 Å². The number of primary amides is 1. The molecule has 0 aromatic heterocycles. The summed E-state index contributed by atoms with van der Waals surface area (Å²) in [6.45, 7) is 0. The third kappa shape index (κ3) is 2.21. The van der Waals surface area contributed by atoms with Gasteiger partial charge in [-0.25, -0.2) is 4.39 Å². The molecule has 0 aliphatic heterocycles. The minimum Gasteiger partial charge on any atom is -0.398 e. The number of carbonyl (C=O) groups is 1. The van der Waals surface area contributed by atoms with E-state index in [1.54, 1.807) is 12.1 Å². The van der Waals surface area contributed by atoms with Gasteiger partial charge >= 0.3 is 0 Å². The van der Waals surface area contributed by atoms with Crippen LogP contribution in [-0.2, 0) is 0 Å². The number of nitrogens with two attached hydrogens (primary N) is 2. The van der Waals surface area contributed by atoms with Crippen molar-refractivity contribution in [2.24, 2.45) is 5.73 Å². The van der Waals surface area contributed by atoms with E-state index in [1.165, 1.54) is 18.2 Å². The predicted octanol–water partition coefficient (Wildman–Crippen LogP) is 3.33. The van der Waals surface area contributed by atoms with Gasteiger partial charge in [0.05, 0.1) is 0 Å². The number of benzene rings is 3. The van der Waals surface area contributed by atoms with Gasteiger partial charge in [0.2, 0.25) is 5.91 Å². The van der Waals surface area contributed by atoms with Crippen molar-refractivity contribution >= 4 is 22.4 Å². The summed E-state index contributed by atoms with van der Waals surface area (Å²) in [4.78, 5) is 11.6. The molecule has 4 N–H and O–H groups in total. The number of halogens is 1. The molecule has 4 heteroatoms. The summed E-state index contributed by atoms with van der Waals surface area (Å²) in [5.74, 6) is -1.01. The molecular weight excluding hydrogens is 267 g/mol. The molecule has 21 heavy (non-hydrogen) atoms. The fourth-order valence-electron chi connectivity index (χ4n) is 2.51. The van der Waals surface area contributed by atoms with Crippen LogP contribution in [0.3, 0.4) is 0 Å². The summed E-state index contributed by atoms with van der Waals surface area (Å²) in [6.07, 6.45) is 0. The number of fused-ring (bicyclic) bond motifs is 1. The molecule has 0 saturated carbocycles. The Kier molecular flexibility index (Phi) is 3.06. The summed E-state index contributed by atoms with van der Waals surface area (Å²) >= 11 is 0.